The van der Waals surface area contributed by atoms with Gasteiger partial charge in [-0.3, -0.25) is 14.5 Å². The molecule has 0 saturated carbocycles. The van der Waals surface area contributed by atoms with Crippen LogP contribution in [-0.4, -0.2) is 48.1 Å². The highest BCUT2D eigenvalue weighted by Gasteiger charge is 2.15. The van der Waals surface area contributed by atoms with Crippen LogP contribution in [0, 0.1) is 5.92 Å². The molecule has 0 radical (unpaired) electrons. The minimum absolute atomic E-state index is 0.0741. The lowest BCUT2D eigenvalue weighted by Crippen LogP contribution is -2.41. The number of hydrogen-bond donors (Lipinski definition) is 2. The van der Waals surface area contributed by atoms with Gasteiger partial charge >= 0.3 is 5.97 Å². The average Bonchev–Trinajstić information content (AvgIpc) is 2.27. The monoisotopic (exact) mass is 228 g/mol. The Morgan fingerprint density at radius 1 is 1.31 bits per heavy atom. The first-order chi connectivity index (χ1) is 7.59. The zero-order valence-electron chi connectivity index (χ0n) is 9.74. The van der Waals surface area contributed by atoms with Gasteiger partial charge < -0.3 is 10.4 Å². The maximum Gasteiger partial charge on any atom is 0.308 e. The fraction of sp³-hybridized carbons (Fsp3) is 0.818. The van der Waals surface area contributed by atoms with E-state index in [2.05, 4.69) is 10.2 Å². The van der Waals surface area contributed by atoms with Gasteiger partial charge in [-0.1, -0.05) is 13.3 Å². The Balaban J connectivity index is 2.17. The lowest BCUT2D eigenvalue weighted by atomic mass is 10.1. The number of carboxylic acid groups (broad SMARTS) is 1. The molecule has 0 aliphatic carbocycles. The summed E-state index contributed by atoms with van der Waals surface area (Å²) < 4.78 is 0. The summed E-state index contributed by atoms with van der Waals surface area (Å²) in [6.07, 6.45) is 3.55. The van der Waals surface area contributed by atoms with Crippen molar-refractivity contribution in [3.05, 3.63) is 0 Å². The summed E-state index contributed by atoms with van der Waals surface area (Å²) in [6.45, 7) is 4.14. The van der Waals surface area contributed by atoms with E-state index in [1.54, 1.807) is 6.92 Å². The molecule has 1 fully saturated rings. The van der Waals surface area contributed by atoms with Gasteiger partial charge in [0.1, 0.15) is 0 Å². The Morgan fingerprint density at radius 3 is 2.50 bits per heavy atom. The van der Waals surface area contributed by atoms with Crippen LogP contribution in [0.25, 0.3) is 0 Å². The number of carboxylic acids is 1. The number of nitrogens with zero attached hydrogens (tertiary/aromatic N) is 1. The zero-order chi connectivity index (χ0) is 12.0. The number of aliphatic carboxylic acids is 1. The normalized spacial score (nSPS) is 19.1. The van der Waals surface area contributed by atoms with Crippen molar-refractivity contribution in [3.8, 4) is 0 Å². The number of rotatable bonds is 5. The molecule has 5 heteroatoms. The molecule has 0 aromatic rings. The molecular weight excluding hydrogens is 208 g/mol. The Kier molecular flexibility index (Phi) is 5.25. The molecule has 1 unspecified atom stereocenters. The van der Waals surface area contributed by atoms with E-state index in [0.29, 0.717) is 6.54 Å². The fourth-order valence-corrected chi connectivity index (χ4v) is 1.73. The second-order valence-electron chi connectivity index (χ2n) is 4.38. The third-order valence-corrected chi connectivity index (χ3v) is 2.84. The van der Waals surface area contributed by atoms with E-state index in [1.165, 1.54) is 6.42 Å². The first kappa shape index (κ1) is 13.0. The standard InChI is InChI=1S/C11H20N2O3/c1-9(11(15)16)7-12-10(14)8-13-5-3-2-4-6-13/h9H,2-8H2,1H3,(H,12,14)(H,15,16). The van der Waals surface area contributed by atoms with Crippen LogP contribution < -0.4 is 5.32 Å². The van der Waals surface area contributed by atoms with Gasteiger partial charge in [-0.2, -0.15) is 0 Å². The number of likely N-dealkylation sites (tertiary alicyclic amines) is 1. The van der Waals surface area contributed by atoms with Crippen LogP contribution >= 0.6 is 0 Å². The third-order valence-electron chi connectivity index (χ3n) is 2.84. The van der Waals surface area contributed by atoms with Gasteiger partial charge in [-0.25, -0.2) is 0 Å². The minimum Gasteiger partial charge on any atom is -0.481 e. The molecule has 1 aliphatic rings. The van der Waals surface area contributed by atoms with Crippen LogP contribution in [0.3, 0.4) is 0 Å². The van der Waals surface area contributed by atoms with E-state index in [4.69, 9.17) is 5.11 Å². The molecule has 0 spiro atoms. The first-order valence-electron chi connectivity index (χ1n) is 5.81. The molecule has 0 aromatic carbocycles. The molecule has 1 heterocycles. The molecule has 1 aliphatic heterocycles. The molecule has 2 N–H and O–H groups in total. The van der Waals surface area contributed by atoms with E-state index in [0.717, 1.165) is 25.9 Å². The van der Waals surface area contributed by atoms with E-state index in [9.17, 15) is 9.59 Å². The molecule has 0 aromatic heterocycles. The largest absolute Gasteiger partial charge is 0.481 e. The van der Waals surface area contributed by atoms with Crippen LogP contribution in [0.15, 0.2) is 0 Å². The summed E-state index contributed by atoms with van der Waals surface area (Å²) in [5.41, 5.74) is 0. The van der Waals surface area contributed by atoms with Gasteiger partial charge in [0, 0.05) is 6.54 Å². The second kappa shape index (κ2) is 6.48. The van der Waals surface area contributed by atoms with E-state index >= 15 is 0 Å². The summed E-state index contributed by atoms with van der Waals surface area (Å²) in [5.74, 6) is -1.47. The number of carbonyl (C=O) groups excluding carboxylic acids is 1. The smallest absolute Gasteiger partial charge is 0.308 e. The van der Waals surface area contributed by atoms with Gasteiger partial charge in [-0.15, -0.1) is 0 Å². The summed E-state index contributed by atoms with van der Waals surface area (Å²) in [5, 5.41) is 11.3. The van der Waals surface area contributed by atoms with E-state index in [1.807, 2.05) is 0 Å². The number of piperidine rings is 1. The number of nitrogens with one attached hydrogen (secondary N) is 1. The molecule has 1 rings (SSSR count). The van der Waals surface area contributed by atoms with Gasteiger partial charge in [0.25, 0.3) is 0 Å². The van der Waals surface area contributed by atoms with Gasteiger partial charge in [0.05, 0.1) is 12.5 Å². The molecule has 1 atom stereocenters. The third kappa shape index (κ3) is 4.61. The quantitative estimate of drug-likeness (QED) is 0.710. The van der Waals surface area contributed by atoms with E-state index in [-0.39, 0.29) is 12.5 Å². The second-order valence-corrected chi connectivity index (χ2v) is 4.38. The topological polar surface area (TPSA) is 69.6 Å². The van der Waals surface area contributed by atoms with Crippen molar-refractivity contribution in [3.63, 3.8) is 0 Å². The summed E-state index contributed by atoms with van der Waals surface area (Å²) in [6, 6.07) is 0. The summed E-state index contributed by atoms with van der Waals surface area (Å²) in [7, 11) is 0. The van der Waals surface area contributed by atoms with Crippen LogP contribution in [0.1, 0.15) is 26.2 Å². The molecule has 1 amide bonds. The summed E-state index contributed by atoms with van der Waals surface area (Å²) in [4.78, 5) is 24.1. The lowest BCUT2D eigenvalue weighted by molar-refractivity contribution is -0.141. The average molecular weight is 228 g/mol. The highest BCUT2D eigenvalue weighted by molar-refractivity contribution is 5.79. The zero-order valence-corrected chi connectivity index (χ0v) is 9.74. The van der Waals surface area contributed by atoms with Crippen molar-refractivity contribution in [2.75, 3.05) is 26.2 Å². The van der Waals surface area contributed by atoms with Crippen molar-refractivity contribution in [1.82, 2.24) is 10.2 Å². The molecule has 1 saturated heterocycles. The van der Waals surface area contributed by atoms with Crippen LogP contribution in [-0.2, 0) is 9.59 Å². The first-order valence-corrected chi connectivity index (χ1v) is 5.81. The van der Waals surface area contributed by atoms with E-state index < -0.39 is 11.9 Å². The number of hydrogen-bond acceptors (Lipinski definition) is 3. The molecular formula is C11H20N2O3. The van der Waals surface area contributed by atoms with Crippen LogP contribution in [0.2, 0.25) is 0 Å². The number of amides is 1. The highest BCUT2D eigenvalue weighted by atomic mass is 16.4. The van der Waals surface area contributed by atoms with Crippen molar-refractivity contribution in [1.29, 1.82) is 0 Å². The SMILES string of the molecule is CC(CNC(=O)CN1CCCCC1)C(=O)O. The molecule has 0 bridgehead atoms. The highest BCUT2D eigenvalue weighted by Crippen LogP contribution is 2.07. The lowest BCUT2D eigenvalue weighted by Gasteiger charge is -2.25. The van der Waals surface area contributed by atoms with Gasteiger partial charge in [-0.05, 0) is 25.9 Å². The predicted octanol–water partition coefficient (Wildman–Crippen LogP) is 0.309. The predicted molar refractivity (Wildman–Crippen MR) is 60.1 cm³/mol. The number of carbonyl (C=O) groups is 2. The van der Waals surface area contributed by atoms with Crippen molar-refractivity contribution >= 4 is 11.9 Å². The Morgan fingerprint density at radius 2 is 1.94 bits per heavy atom. The molecule has 16 heavy (non-hydrogen) atoms. The maximum atomic E-state index is 11.5. The van der Waals surface area contributed by atoms with Crippen molar-refractivity contribution < 1.29 is 14.7 Å². The van der Waals surface area contributed by atoms with Crippen molar-refractivity contribution in [2.45, 2.75) is 26.2 Å². The minimum atomic E-state index is -0.877. The summed E-state index contributed by atoms with van der Waals surface area (Å²) >= 11 is 0. The fourth-order valence-electron chi connectivity index (χ4n) is 1.73. The Bertz CT molecular complexity index is 250. The molecule has 5 nitrogen and oxygen atoms in total. The van der Waals surface area contributed by atoms with Crippen LogP contribution in [0.4, 0.5) is 0 Å². The van der Waals surface area contributed by atoms with Crippen LogP contribution in [0.5, 0.6) is 0 Å². The van der Waals surface area contributed by atoms with Gasteiger partial charge in [0.2, 0.25) is 5.91 Å². The van der Waals surface area contributed by atoms with Gasteiger partial charge in [0.15, 0.2) is 0 Å². The van der Waals surface area contributed by atoms with Crippen molar-refractivity contribution in [2.24, 2.45) is 5.92 Å². The Labute approximate surface area is 95.8 Å². The Hall–Kier alpha value is -1.10. The maximum absolute atomic E-state index is 11.5. The molecule has 92 valence electrons.